The molecule has 1 aromatic carbocycles. The van der Waals surface area contributed by atoms with Gasteiger partial charge in [-0.25, -0.2) is 0 Å². The standard InChI is InChI=1S/C21H28Cl4O4/c1-2-3-4-5-6-7-10-13-28-17(26)11-8-9-12-18(27)29-21-19(24)15(22)14-16(23)20(21)25/h14H,2-13H2,1H3. The number of carbonyl (C=O) groups is 2. The van der Waals surface area contributed by atoms with Gasteiger partial charge in [0.05, 0.1) is 16.7 Å². The molecule has 0 heterocycles. The Labute approximate surface area is 193 Å². The Morgan fingerprint density at radius 2 is 1.28 bits per heavy atom. The van der Waals surface area contributed by atoms with Crippen LogP contribution in [0.2, 0.25) is 20.1 Å². The van der Waals surface area contributed by atoms with E-state index in [4.69, 9.17) is 55.9 Å². The molecular formula is C21H28Cl4O4. The zero-order valence-electron chi connectivity index (χ0n) is 16.7. The molecule has 0 aromatic heterocycles. The molecule has 8 heteroatoms. The summed E-state index contributed by atoms with van der Waals surface area (Å²) < 4.78 is 10.4. The second-order valence-electron chi connectivity index (χ2n) is 6.82. The van der Waals surface area contributed by atoms with Crippen LogP contribution in [-0.4, -0.2) is 18.5 Å². The first-order valence-electron chi connectivity index (χ1n) is 10.1. The molecule has 0 bridgehead atoms. The highest BCUT2D eigenvalue weighted by atomic mass is 35.5. The fraction of sp³-hybridized carbons (Fsp3) is 0.619. The fourth-order valence-corrected chi connectivity index (χ4v) is 3.53. The highest BCUT2D eigenvalue weighted by Crippen LogP contribution is 2.42. The van der Waals surface area contributed by atoms with Gasteiger partial charge in [0.15, 0.2) is 5.75 Å². The molecule has 0 N–H and O–H groups in total. The van der Waals surface area contributed by atoms with Gasteiger partial charge in [-0.1, -0.05) is 91.9 Å². The highest BCUT2D eigenvalue weighted by Gasteiger charge is 2.18. The number of rotatable bonds is 14. The Morgan fingerprint density at radius 1 is 0.759 bits per heavy atom. The van der Waals surface area contributed by atoms with Gasteiger partial charge in [0.1, 0.15) is 10.0 Å². The largest absolute Gasteiger partial charge is 0.466 e. The number of hydrogen-bond acceptors (Lipinski definition) is 4. The third-order valence-electron chi connectivity index (χ3n) is 4.31. The number of unbranched alkanes of at least 4 members (excludes halogenated alkanes) is 7. The van der Waals surface area contributed by atoms with E-state index in [1.165, 1.54) is 38.2 Å². The molecule has 0 atom stereocenters. The number of esters is 2. The maximum absolute atomic E-state index is 12.0. The van der Waals surface area contributed by atoms with Gasteiger partial charge in [-0.2, -0.15) is 0 Å². The molecule has 0 radical (unpaired) electrons. The molecule has 0 unspecified atom stereocenters. The summed E-state index contributed by atoms with van der Waals surface area (Å²) in [6.45, 7) is 2.66. The quantitative estimate of drug-likeness (QED) is 0.116. The van der Waals surface area contributed by atoms with Crippen LogP contribution < -0.4 is 4.74 Å². The van der Waals surface area contributed by atoms with Crippen molar-refractivity contribution in [3.63, 3.8) is 0 Å². The van der Waals surface area contributed by atoms with Crippen LogP contribution in [0, 0.1) is 0 Å². The van der Waals surface area contributed by atoms with E-state index in [-0.39, 0.29) is 44.7 Å². The van der Waals surface area contributed by atoms with Crippen molar-refractivity contribution in [2.75, 3.05) is 6.61 Å². The number of halogens is 4. The molecule has 0 spiro atoms. The predicted octanol–water partition coefficient (Wildman–Crippen LogP) is 8.06. The summed E-state index contributed by atoms with van der Waals surface area (Å²) >= 11 is 23.8. The second kappa shape index (κ2) is 15.2. The lowest BCUT2D eigenvalue weighted by Crippen LogP contribution is -2.10. The van der Waals surface area contributed by atoms with Gasteiger partial charge in [0, 0.05) is 12.8 Å². The van der Waals surface area contributed by atoms with Gasteiger partial charge in [-0.3, -0.25) is 9.59 Å². The minimum atomic E-state index is -0.524. The summed E-state index contributed by atoms with van der Waals surface area (Å²) in [4.78, 5) is 23.7. The molecular weight excluding hydrogens is 458 g/mol. The van der Waals surface area contributed by atoms with E-state index in [1.54, 1.807) is 0 Å². The summed E-state index contributed by atoms with van der Waals surface area (Å²) in [5, 5.41) is 0.354. The normalized spacial score (nSPS) is 10.8. The van der Waals surface area contributed by atoms with E-state index in [1.807, 2.05) is 0 Å². The Hall–Kier alpha value is -0.680. The predicted molar refractivity (Wildman–Crippen MR) is 120 cm³/mol. The summed E-state index contributed by atoms with van der Waals surface area (Å²) in [7, 11) is 0. The van der Waals surface area contributed by atoms with Crippen LogP contribution in [0.4, 0.5) is 0 Å². The van der Waals surface area contributed by atoms with Crippen LogP contribution >= 0.6 is 46.4 Å². The molecule has 0 aliphatic carbocycles. The van der Waals surface area contributed by atoms with E-state index in [2.05, 4.69) is 6.92 Å². The van der Waals surface area contributed by atoms with Gasteiger partial charge in [-0.15, -0.1) is 0 Å². The smallest absolute Gasteiger partial charge is 0.311 e. The fourth-order valence-electron chi connectivity index (χ4n) is 2.66. The van der Waals surface area contributed by atoms with E-state index in [0.29, 0.717) is 19.4 Å². The van der Waals surface area contributed by atoms with Gasteiger partial charge in [-0.05, 0) is 25.3 Å². The van der Waals surface area contributed by atoms with Crippen molar-refractivity contribution < 1.29 is 19.1 Å². The maximum atomic E-state index is 12.0. The molecule has 0 aliphatic heterocycles. The van der Waals surface area contributed by atoms with Crippen LogP contribution in [0.1, 0.15) is 77.6 Å². The van der Waals surface area contributed by atoms with E-state index in [0.717, 1.165) is 12.8 Å². The number of carbonyl (C=O) groups excluding carboxylic acids is 2. The molecule has 1 rings (SSSR count). The molecule has 0 saturated heterocycles. The highest BCUT2D eigenvalue weighted by molar-refractivity contribution is 6.48. The molecule has 29 heavy (non-hydrogen) atoms. The lowest BCUT2D eigenvalue weighted by atomic mass is 10.1. The summed E-state index contributed by atoms with van der Waals surface area (Å²) in [5.74, 6) is -0.814. The van der Waals surface area contributed by atoms with Crippen molar-refractivity contribution >= 4 is 58.3 Å². The second-order valence-corrected chi connectivity index (χ2v) is 8.39. The van der Waals surface area contributed by atoms with Crippen LogP contribution in [0.15, 0.2) is 6.07 Å². The average molecular weight is 486 g/mol. The van der Waals surface area contributed by atoms with Gasteiger partial charge in [0.2, 0.25) is 0 Å². The zero-order chi connectivity index (χ0) is 21.6. The van der Waals surface area contributed by atoms with Crippen molar-refractivity contribution in [2.24, 2.45) is 0 Å². The molecule has 0 amide bonds. The lowest BCUT2D eigenvalue weighted by Gasteiger charge is -2.10. The van der Waals surface area contributed by atoms with Crippen molar-refractivity contribution in [3.8, 4) is 5.75 Å². The van der Waals surface area contributed by atoms with Crippen LogP contribution in [-0.2, 0) is 14.3 Å². The van der Waals surface area contributed by atoms with Gasteiger partial charge < -0.3 is 9.47 Å². The Kier molecular flexibility index (Phi) is 13.8. The lowest BCUT2D eigenvalue weighted by molar-refractivity contribution is -0.144. The molecule has 1 aromatic rings. The molecule has 0 saturated carbocycles. The first-order valence-corrected chi connectivity index (χ1v) is 11.6. The minimum Gasteiger partial charge on any atom is -0.466 e. The zero-order valence-corrected chi connectivity index (χ0v) is 19.7. The molecule has 164 valence electrons. The molecule has 4 nitrogen and oxygen atoms in total. The van der Waals surface area contributed by atoms with E-state index >= 15 is 0 Å². The number of ether oxygens (including phenoxy) is 2. The van der Waals surface area contributed by atoms with Crippen molar-refractivity contribution in [2.45, 2.75) is 77.6 Å². The van der Waals surface area contributed by atoms with Crippen molar-refractivity contribution in [1.29, 1.82) is 0 Å². The molecule has 0 aliphatic rings. The summed E-state index contributed by atoms with van der Waals surface area (Å²) in [6.07, 6.45) is 9.62. The van der Waals surface area contributed by atoms with Crippen LogP contribution in [0.3, 0.4) is 0 Å². The first-order chi connectivity index (χ1) is 13.9. The first kappa shape index (κ1) is 26.4. The summed E-state index contributed by atoms with van der Waals surface area (Å²) in [5.41, 5.74) is 0. The molecule has 0 fully saturated rings. The minimum absolute atomic E-state index is 0.0309. The van der Waals surface area contributed by atoms with Gasteiger partial charge in [0.25, 0.3) is 0 Å². The Balaban J connectivity index is 2.16. The maximum Gasteiger partial charge on any atom is 0.311 e. The van der Waals surface area contributed by atoms with Crippen LogP contribution in [0.5, 0.6) is 5.75 Å². The van der Waals surface area contributed by atoms with Crippen molar-refractivity contribution in [3.05, 3.63) is 26.2 Å². The van der Waals surface area contributed by atoms with Crippen LogP contribution in [0.25, 0.3) is 0 Å². The van der Waals surface area contributed by atoms with Crippen molar-refractivity contribution in [1.82, 2.24) is 0 Å². The van der Waals surface area contributed by atoms with E-state index < -0.39 is 5.97 Å². The monoisotopic (exact) mass is 484 g/mol. The SMILES string of the molecule is CCCCCCCCCOC(=O)CCCCC(=O)Oc1c(Cl)c(Cl)cc(Cl)c1Cl. The Morgan fingerprint density at radius 3 is 1.86 bits per heavy atom. The van der Waals surface area contributed by atoms with Gasteiger partial charge >= 0.3 is 11.9 Å². The topological polar surface area (TPSA) is 52.6 Å². The summed E-state index contributed by atoms with van der Waals surface area (Å²) in [6, 6.07) is 1.38. The third-order valence-corrected chi connectivity index (χ3v) is 5.85. The number of benzene rings is 1. The Bertz CT molecular complexity index is 638. The number of hydrogen-bond donors (Lipinski definition) is 0. The average Bonchev–Trinajstić information content (AvgIpc) is 2.69. The third kappa shape index (κ3) is 10.8. The van der Waals surface area contributed by atoms with E-state index in [9.17, 15) is 9.59 Å².